The van der Waals surface area contributed by atoms with Crippen molar-refractivity contribution in [3.63, 3.8) is 0 Å². The molecule has 2 aromatic carbocycles. The van der Waals surface area contributed by atoms with Gasteiger partial charge in [0.25, 0.3) is 5.91 Å². The summed E-state index contributed by atoms with van der Waals surface area (Å²) in [6, 6.07) is 11.5. The largest absolute Gasteiger partial charge is 0.322 e. The summed E-state index contributed by atoms with van der Waals surface area (Å²) in [5.41, 5.74) is 5.65. The highest BCUT2D eigenvalue weighted by Gasteiger charge is 2.34. The van der Waals surface area contributed by atoms with Gasteiger partial charge in [-0.2, -0.15) is 0 Å². The molecule has 4 rings (SSSR count). The first-order chi connectivity index (χ1) is 10.6. The number of anilines is 2. The quantitative estimate of drug-likeness (QED) is 0.925. The van der Waals surface area contributed by atoms with Crippen LogP contribution in [0.1, 0.15) is 27.0 Å². The van der Waals surface area contributed by atoms with Gasteiger partial charge in [-0.05, 0) is 54.3 Å². The second-order valence-corrected chi connectivity index (χ2v) is 5.94. The fourth-order valence-corrected chi connectivity index (χ4v) is 3.34. The van der Waals surface area contributed by atoms with Crippen molar-refractivity contribution in [3.05, 3.63) is 58.7 Å². The van der Waals surface area contributed by atoms with Crippen molar-refractivity contribution in [2.75, 3.05) is 16.8 Å². The zero-order chi connectivity index (χ0) is 15.3. The third-order valence-electron chi connectivity index (χ3n) is 4.32. The predicted octanol–water partition coefficient (Wildman–Crippen LogP) is 2.69. The number of nitrogens with zero attached hydrogens (tertiary/aromatic N) is 1. The lowest BCUT2D eigenvalue weighted by Crippen LogP contribution is -2.24. The number of carbonyl (C=O) groups excluding carboxylic acids is 2. The highest BCUT2D eigenvalue weighted by atomic mass is 16.2. The van der Waals surface area contributed by atoms with Crippen LogP contribution >= 0.6 is 0 Å². The van der Waals surface area contributed by atoms with E-state index >= 15 is 0 Å². The molecule has 1 N–H and O–H groups in total. The molecule has 0 atom stereocenters. The number of aryl methyl sites for hydroxylation is 1. The minimum absolute atomic E-state index is 0.123. The molecule has 2 aliphatic rings. The van der Waals surface area contributed by atoms with Gasteiger partial charge in [0.1, 0.15) is 0 Å². The predicted molar refractivity (Wildman–Crippen MR) is 85.3 cm³/mol. The standard InChI is InChI=1S/C18H16N2O2/c1-11-3-2-4-15(7-11)19-18(22)14-8-12-5-6-20-16(21)10-13(9-14)17(12)20/h2-4,7-9H,5-6,10H2,1H3,(H,19,22). The SMILES string of the molecule is Cc1cccc(NC(=O)c2cc3c4c(c2)CC(=O)N4CC3)c1. The van der Waals surface area contributed by atoms with Crippen LogP contribution in [-0.2, 0) is 17.6 Å². The Balaban J connectivity index is 1.66. The van der Waals surface area contributed by atoms with Gasteiger partial charge in [-0.25, -0.2) is 0 Å². The molecule has 2 heterocycles. The van der Waals surface area contributed by atoms with Gasteiger partial charge < -0.3 is 10.2 Å². The highest BCUT2D eigenvalue weighted by molar-refractivity contribution is 6.08. The number of hydrogen-bond donors (Lipinski definition) is 1. The van der Waals surface area contributed by atoms with E-state index in [9.17, 15) is 9.59 Å². The van der Waals surface area contributed by atoms with Gasteiger partial charge >= 0.3 is 0 Å². The number of benzene rings is 2. The van der Waals surface area contributed by atoms with E-state index in [4.69, 9.17) is 0 Å². The van der Waals surface area contributed by atoms with Gasteiger partial charge in [0.2, 0.25) is 5.91 Å². The van der Waals surface area contributed by atoms with E-state index in [2.05, 4.69) is 5.32 Å². The molecule has 2 aromatic rings. The van der Waals surface area contributed by atoms with Gasteiger partial charge in [-0.3, -0.25) is 9.59 Å². The van der Waals surface area contributed by atoms with E-state index in [1.54, 1.807) is 0 Å². The lowest BCUT2D eigenvalue weighted by Gasteiger charge is -2.10. The zero-order valence-corrected chi connectivity index (χ0v) is 12.3. The van der Waals surface area contributed by atoms with Crippen molar-refractivity contribution in [2.45, 2.75) is 19.8 Å². The van der Waals surface area contributed by atoms with Gasteiger partial charge in [0.15, 0.2) is 0 Å². The smallest absolute Gasteiger partial charge is 0.255 e. The van der Waals surface area contributed by atoms with Crippen LogP contribution in [0, 0.1) is 6.92 Å². The van der Waals surface area contributed by atoms with Crippen LogP contribution in [0.15, 0.2) is 36.4 Å². The normalized spacial score (nSPS) is 15.1. The Morgan fingerprint density at radius 1 is 1.18 bits per heavy atom. The van der Waals surface area contributed by atoms with Crippen molar-refractivity contribution in [2.24, 2.45) is 0 Å². The van der Waals surface area contributed by atoms with E-state index in [0.29, 0.717) is 12.0 Å². The van der Waals surface area contributed by atoms with Gasteiger partial charge in [0.05, 0.1) is 12.1 Å². The summed E-state index contributed by atoms with van der Waals surface area (Å²) >= 11 is 0. The fraction of sp³-hybridized carbons (Fsp3) is 0.222. The molecule has 2 aliphatic heterocycles. The first kappa shape index (κ1) is 13.1. The highest BCUT2D eigenvalue weighted by Crippen LogP contribution is 2.38. The van der Waals surface area contributed by atoms with E-state index in [1.165, 1.54) is 0 Å². The molecule has 0 aliphatic carbocycles. The maximum atomic E-state index is 12.5. The zero-order valence-electron chi connectivity index (χ0n) is 12.3. The van der Waals surface area contributed by atoms with Gasteiger partial charge in [-0.15, -0.1) is 0 Å². The van der Waals surface area contributed by atoms with E-state index in [-0.39, 0.29) is 11.8 Å². The number of rotatable bonds is 2. The van der Waals surface area contributed by atoms with Crippen molar-refractivity contribution in [1.29, 1.82) is 0 Å². The van der Waals surface area contributed by atoms with Crippen LogP contribution < -0.4 is 10.2 Å². The average molecular weight is 292 g/mol. The molecule has 110 valence electrons. The topological polar surface area (TPSA) is 49.4 Å². The molecule has 22 heavy (non-hydrogen) atoms. The van der Waals surface area contributed by atoms with E-state index < -0.39 is 0 Å². The van der Waals surface area contributed by atoms with Gasteiger partial charge in [0, 0.05) is 17.8 Å². The summed E-state index contributed by atoms with van der Waals surface area (Å²) in [6.45, 7) is 2.73. The molecule has 4 heteroatoms. The number of amides is 2. The van der Waals surface area contributed by atoms with Crippen molar-refractivity contribution in [3.8, 4) is 0 Å². The third kappa shape index (κ3) is 1.99. The Labute approximate surface area is 128 Å². The molecule has 0 fully saturated rings. The maximum Gasteiger partial charge on any atom is 0.255 e. The van der Waals surface area contributed by atoms with Crippen LogP contribution in [0.5, 0.6) is 0 Å². The van der Waals surface area contributed by atoms with Crippen molar-refractivity contribution >= 4 is 23.2 Å². The van der Waals surface area contributed by atoms with Crippen LogP contribution in [0.3, 0.4) is 0 Å². The Morgan fingerprint density at radius 3 is 2.82 bits per heavy atom. The lowest BCUT2D eigenvalue weighted by atomic mass is 10.0. The van der Waals surface area contributed by atoms with Gasteiger partial charge in [-0.1, -0.05) is 12.1 Å². The minimum Gasteiger partial charge on any atom is -0.322 e. The number of carbonyl (C=O) groups is 2. The Hall–Kier alpha value is -2.62. The molecule has 0 aromatic heterocycles. The van der Waals surface area contributed by atoms with Crippen LogP contribution in [0.25, 0.3) is 0 Å². The molecule has 0 saturated heterocycles. The fourth-order valence-electron chi connectivity index (χ4n) is 3.34. The molecular weight excluding hydrogens is 276 g/mol. The third-order valence-corrected chi connectivity index (χ3v) is 4.32. The monoisotopic (exact) mass is 292 g/mol. The van der Waals surface area contributed by atoms with E-state index in [0.717, 1.165) is 41.0 Å². The van der Waals surface area contributed by atoms with Crippen LogP contribution in [0.2, 0.25) is 0 Å². The van der Waals surface area contributed by atoms with Crippen LogP contribution in [-0.4, -0.2) is 18.4 Å². The molecule has 0 bridgehead atoms. The summed E-state index contributed by atoms with van der Waals surface area (Å²) in [6.07, 6.45) is 1.24. The van der Waals surface area contributed by atoms with Crippen LogP contribution in [0.4, 0.5) is 11.4 Å². The first-order valence-corrected chi connectivity index (χ1v) is 7.46. The number of hydrogen-bond acceptors (Lipinski definition) is 2. The van der Waals surface area contributed by atoms with Crippen molar-refractivity contribution in [1.82, 2.24) is 0 Å². The summed E-state index contributed by atoms with van der Waals surface area (Å²) in [5.74, 6) is 0.0208. The molecule has 0 radical (unpaired) electrons. The lowest BCUT2D eigenvalue weighted by molar-refractivity contribution is -0.117. The average Bonchev–Trinajstić information content (AvgIpc) is 3.04. The Morgan fingerprint density at radius 2 is 2.00 bits per heavy atom. The van der Waals surface area contributed by atoms with E-state index in [1.807, 2.05) is 48.2 Å². The summed E-state index contributed by atoms with van der Waals surface area (Å²) in [7, 11) is 0. The molecule has 0 saturated carbocycles. The minimum atomic E-state index is -0.123. The second kappa shape index (κ2) is 4.70. The Kier molecular flexibility index (Phi) is 2.79. The number of nitrogens with one attached hydrogen (secondary N) is 1. The first-order valence-electron chi connectivity index (χ1n) is 7.46. The Bertz CT molecular complexity index is 811. The molecule has 2 amide bonds. The molecule has 0 unspecified atom stereocenters. The molecular formula is C18H16N2O2. The maximum absolute atomic E-state index is 12.5. The summed E-state index contributed by atoms with van der Waals surface area (Å²) < 4.78 is 0. The second-order valence-electron chi connectivity index (χ2n) is 5.94. The summed E-state index contributed by atoms with van der Waals surface area (Å²) in [5, 5.41) is 2.93. The molecule has 4 nitrogen and oxygen atoms in total. The molecule has 0 spiro atoms. The van der Waals surface area contributed by atoms with Crippen molar-refractivity contribution < 1.29 is 9.59 Å². The summed E-state index contributed by atoms with van der Waals surface area (Å²) in [4.78, 5) is 26.2.